The highest BCUT2D eigenvalue weighted by molar-refractivity contribution is 5.87. The number of fused-ring (bicyclic) bond motifs is 7. The summed E-state index contributed by atoms with van der Waals surface area (Å²) in [5, 5.41) is 0. The standard InChI is InChI=1S/C39H56O2/c1-34(2)22-23-36(5)24-25-38(7)28(29(36)26-34)15-16-31-37(6)20-19-32(35(3,4)30(37)18-21-39(31,38)8)41-33(40)17-14-27-12-10-9-11-13-27/h9-15,17,29-32H,16,18-26H2,1-8H3/b17-14+/t29-,30+,31-,32+,36-,37-,38-,39-/m1/s1. The second-order valence-electron chi connectivity index (χ2n) is 17.4. The van der Waals surface area contributed by atoms with Crippen molar-refractivity contribution in [1.82, 2.24) is 0 Å². The Morgan fingerprint density at radius 2 is 1.54 bits per heavy atom. The lowest BCUT2D eigenvalue weighted by Crippen LogP contribution is -2.64. The summed E-state index contributed by atoms with van der Waals surface area (Å²) in [5.74, 6) is 1.81. The van der Waals surface area contributed by atoms with E-state index in [1.165, 1.54) is 51.4 Å². The SMILES string of the molecule is CC1(C)CC[C@]2(C)CC[C@]3(C)C(=CC[C@@H]4[C@]5(C)CC[C@H](OC(=O)/C=C/c6ccccc6)C(C)(C)[C@@H]5CC[C@]43C)[C@H]2C1. The molecule has 2 heteroatoms. The van der Waals surface area contributed by atoms with Gasteiger partial charge in [-0.15, -0.1) is 0 Å². The molecule has 0 bridgehead atoms. The molecule has 0 saturated heterocycles. The van der Waals surface area contributed by atoms with Crippen LogP contribution >= 0.6 is 0 Å². The van der Waals surface area contributed by atoms with Crippen molar-refractivity contribution in [2.75, 3.05) is 0 Å². The fourth-order valence-corrected chi connectivity index (χ4v) is 11.6. The summed E-state index contributed by atoms with van der Waals surface area (Å²) in [6.07, 6.45) is 19.1. The molecule has 0 unspecified atom stereocenters. The molecular formula is C39H56O2. The van der Waals surface area contributed by atoms with Gasteiger partial charge in [-0.25, -0.2) is 4.79 Å². The van der Waals surface area contributed by atoms with E-state index in [1.54, 1.807) is 6.08 Å². The third-order valence-electron chi connectivity index (χ3n) is 14.5. The summed E-state index contributed by atoms with van der Waals surface area (Å²) in [4.78, 5) is 13.0. The molecule has 0 aromatic heterocycles. The van der Waals surface area contributed by atoms with Crippen LogP contribution in [-0.4, -0.2) is 12.1 Å². The molecule has 5 aliphatic carbocycles. The summed E-state index contributed by atoms with van der Waals surface area (Å²) in [5.41, 5.74) is 4.72. The lowest BCUT2D eigenvalue weighted by Gasteiger charge is -2.71. The normalized spacial score (nSPS) is 44.5. The van der Waals surface area contributed by atoms with E-state index in [0.29, 0.717) is 33.5 Å². The quantitative estimate of drug-likeness (QED) is 0.210. The van der Waals surface area contributed by atoms with Gasteiger partial charge in [-0.1, -0.05) is 97.4 Å². The minimum absolute atomic E-state index is 0.0250. The minimum Gasteiger partial charge on any atom is -0.459 e. The van der Waals surface area contributed by atoms with Gasteiger partial charge in [0, 0.05) is 11.5 Å². The van der Waals surface area contributed by atoms with Crippen molar-refractivity contribution in [1.29, 1.82) is 0 Å². The first-order valence-corrected chi connectivity index (χ1v) is 16.8. The first-order valence-electron chi connectivity index (χ1n) is 16.8. The summed E-state index contributed by atoms with van der Waals surface area (Å²) in [7, 11) is 0. The molecule has 0 aliphatic heterocycles. The lowest BCUT2D eigenvalue weighted by molar-refractivity contribution is -0.210. The molecule has 2 nitrogen and oxygen atoms in total. The van der Waals surface area contributed by atoms with Gasteiger partial charge in [-0.3, -0.25) is 0 Å². The Morgan fingerprint density at radius 3 is 2.27 bits per heavy atom. The van der Waals surface area contributed by atoms with Gasteiger partial charge in [-0.05, 0) is 121 Å². The highest BCUT2D eigenvalue weighted by atomic mass is 16.5. The molecule has 4 fully saturated rings. The van der Waals surface area contributed by atoms with Gasteiger partial charge in [0.05, 0.1) is 0 Å². The van der Waals surface area contributed by atoms with E-state index >= 15 is 0 Å². The average molecular weight is 557 g/mol. The molecule has 0 amide bonds. The van der Waals surface area contributed by atoms with Crippen molar-refractivity contribution >= 4 is 12.0 Å². The van der Waals surface area contributed by atoms with Crippen LogP contribution in [-0.2, 0) is 9.53 Å². The van der Waals surface area contributed by atoms with Crippen LogP contribution < -0.4 is 0 Å². The fourth-order valence-electron chi connectivity index (χ4n) is 11.6. The summed E-state index contributed by atoms with van der Waals surface area (Å²) < 4.78 is 6.24. The Kier molecular flexibility index (Phi) is 6.84. The Hall–Kier alpha value is -1.83. The van der Waals surface area contributed by atoms with Crippen molar-refractivity contribution in [3.63, 3.8) is 0 Å². The van der Waals surface area contributed by atoms with Crippen LogP contribution in [0.2, 0.25) is 0 Å². The van der Waals surface area contributed by atoms with Crippen molar-refractivity contribution in [3.05, 3.63) is 53.6 Å². The van der Waals surface area contributed by atoms with E-state index in [4.69, 9.17) is 4.74 Å². The lowest BCUT2D eigenvalue weighted by atomic mass is 9.33. The average Bonchev–Trinajstić information content (AvgIpc) is 2.91. The van der Waals surface area contributed by atoms with Gasteiger partial charge in [0.15, 0.2) is 0 Å². The van der Waals surface area contributed by atoms with E-state index in [9.17, 15) is 4.79 Å². The number of allylic oxidation sites excluding steroid dienone is 2. The molecule has 0 spiro atoms. The van der Waals surface area contributed by atoms with E-state index in [0.717, 1.165) is 24.3 Å². The van der Waals surface area contributed by atoms with Crippen LogP contribution in [0.1, 0.15) is 125 Å². The highest BCUT2D eigenvalue weighted by Gasteiger charge is 2.68. The van der Waals surface area contributed by atoms with Gasteiger partial charge in [0.2, 0.25) is 0 Å². The van der Waals surface area contributed by atoms with Crippen LogP contribution in [0, 0.1) is 50.2 Å². The van der Waals surface area contributed by atoms with Crippen molar-refractivity contribution < 1.29 is 9.53 Å². The molecule has 6 rings (SSSR count). The van der Waals surface area contributed by atoms with Gasteiger partial charge in [0.1, 0.15) is 6.10 Å². The zero-order chi connectivity index (χ0) is 29.5. The first-order chi connectivity index (χ1) is 19.1. The Bertz CT molecular complexity index is 1240. The summed E-state index contributed by atoms with van der Waals surface area (Å²) in [6, 6.07) is 10.0. The maximum absolute atomic E-state index is 13.0. The second-order valence-corrected chi connectivity index (χ2v) is 17.4. The smallest absolute Gasteiger partial charge is 0.331 e. The molecule has 41 heavy (non-hydrogen) atoms. The van der Waals surface area contributed by atoms with Crippen LogP contribution in [0.3, 0.4) is 0 Å². The first kappa shape index (κ1) is 29.3. The third kappa shape index (κ3) is 4.43. The maximum Gasteiger partial charge on any atom is 0.331 e. The van der Waals surface area contributed by atoms with Crippen molar-refractivity contribution in [2.24, 2.45) is 50.2 Å². The van der Waals surface area contributed by atoms with Crippen LogP contribution in [0.5, 0.6) is 0 Å². The number of esters is 1. The Labute approximate surface area is 250 Å². The predicted molar refractivity (Wildman–Crippen MR) is 170 cm³/mol. The highest BCUT2D eigenvalue weighted by Crippen LogP contribution is 2.75. The molecule has 5 aliphatic rings. The molecule has 8 atom stereocenters. The molecule has 0 N–H and O–H groups in total. The molecule has 4 saturated carbocycles. The van der Waals surface area contributed by atoms with E-state index in [-0.39, 0.29) is 22.9 Å². The molecule has 1 aromatic carbocycles. The molecule has 1 aromatic rings. The van der Waals surface area contributed by atoms with Gasteiger partial charge in [-0.2, -0.15) is 0 Å². The molecule has 224 valence electrons. The largest absolute Gasteiger partial charge is 0.459 e. The van der Waals surface area contributed by atoms with Crippen LogP contribution in [0.15, 0.2) is 48.1 Å². The fraction of sp³-hybridized carbons (Fsp3) is 0.718. The second kappa shape index (κ2) is 9.59. The van der Waals surface area contributed by atoms with Crippen molar-refractivity contribution in [2.45, 2.75) is 126 Å². The number of benzene rings is 1. The molecular weight excluding hydrogens is 500 g/mol. The Balaban J connectivity index is 1.25. The number of ether oxygens (including phenoxy) is 1. The number of hydrogen-bond acceptors (Lipinski definition) is 2. The number of rotatable bonds is 3. The number of carbonyl (C=O) groups excluding carboxylic acids is 1. The van der Waals surface area contributed by atoms with E-state index < -0.39 is 0 Å². The van der Waals surface area contributed by atoms with Crippen LogP contribution in [0.4, 0.5) is 0 Å². The van der Waals surface area contributed by atoms with Gasteiger partial charge < -0.3 is 4.74 Å². The monoisotopic (exact) mass is 556 g/mol. The Morgan fingerprint density at radius 1 is 0.829 bits per heavy atom. The topological polar surface area (TPSA) is 26.3 Å². The summed E-state index contributed by atoms with van der Waals surface area (Å²) >= 11 is 0. The minimum atomic E-state index is -0.199. The van der Waals surface area contributed by atoms with Crippen molar-refractivity contribution in [3.8, 4) is 0 Å². The molecule has 0 heterocycles. The maximum atomic E-state index is 13.0. The van der Waals surface area contributed by atoms with Gasteiger partial charge >= 0.3 is 5.97 Å². The zero-order valence-electron chi connectivity index (χ0n) is 27.3. The number of carbonyl (C=O) groups is 1. The van der Waals surface area contributed by atoms with E-state index in [1.807, 2.05) is 42.0 Å². The predicted octanol–water partition coefficient (Wildman–Crippen LogP) is 10.4. The number of hydrogen-bond donors (Lipinski definition) is 0. The van der Waals surface area contributed by atoms with Crippen LogP contribution in [0.25, 0.3) is 6.08 Å². The molecule has 0 radical (unpaired) electrons. The summed E-state index contributed by atoms with van der Waals surface area (Å²) in [6.45, 7) is 20.5. The van der Waals surface area contributed by atoms with Gasteiger partial charge in [0.25, 0.3) is 0 Å². The third-order valence-corrected chi connectivity index (χ3v) is 14.5. The zero-order valence-corrected chi connectivity index (χ0v) is 27.3. The van der Waals surface area contributed by atoms with E-state index in [2.05, 4.69) is 61.5 Å².